The van der Waals surface area contributed by atoms with E-state index >= 15 is 0 Å². The first-order valence-corrected chi connectivity index (χ1v) is 8.92. The van der Waals surface area contributed by atoms with E-state index in [-0.39, 0.29) is 5.97 Å². The van der Waals surface area contributed by atoms with E-state index in [0.717, 1.165) is 20.4 Å². The molecule has 128 valence electrons. The first-order chi connectivity index (χ1) is 11.9. The summed E-state index contributed by atoms with van der Waals surface area (Å²) in [5.41, 5.74) is 6.92. The predicted octanol–water partition coefficient (Wildman–Crippen LogP) is 5.33. The highest BCUT2D eigenvalue weighted by atomic mass is 127. The third-order valence-corrected chi connectivity index (χ3v) is 5.12. The molecule has 0 unspecified atom stereocenters. The summed E-state index contributed by atoms with van der Waals surface area (Å²) in [6.45, 7) is 6.27. The average molecular weight is 447 g/mol. The van der Waals surface area contributed by atoms with Crippen LogP contribution in [0.15, 0.2) is 40.9 Å². The molecule has 25 heavy (non-hydrogen) atoms. The number of nitrogens with zero attached hydrogens (tertiary/aromatic N) is 1. The normalized spacial score (nSPS) is 10.8. The van der Waals surface area contributed by atoms with Crippen molar-refractivity contribution in [2.75, 3.05) is 7.11 Å². The molecule has 0 saturated carbocycles. The van der Waals surface area contributed by atoms with E-state index in [9.17, 15) is 4.79 Å². The van der Waals surface area contributed by atoms with E-state index < -0.39 is 0 Å². The van der Waals surface area contributed by atoms with Crippen LogP contribution < -0.4 is 0 Å². The molecule has 5 heteroatoms. The number of hydrogen-bond donors (Lipinski definition) is 0. The molecular formula is C20H18INO3. The molecular weight excluding hydrogens is 429 g/mol. The Morgan fingerprint density at radius 2 is 1.68 bits per heavy atom. The second-order valence-electron chi connectivity index (χ2n) is 6.02. The van der Waals surface area contributed by atoms with Crippen LogP contribution >= 0.6 is 22.6 Å². The lowest BCUT2D eigenvalue weighted by molar-refractivity contribution is 0.0600. The third kappa shape index (κ3) is 3.33. The molecule has 2 aromatic carbocycles. The summed E-state index contributed by atoms with van der Waals surface area (Å²) >= 11 is 2.27. The number of methoxy groups -OCH3 is 1. The van der Waals surface area contributed by atoms with E-state index in [2.05, 4.69) is 60.7 Å². The van der Waals surface area contributed by atoms with Gasteiger partial charge in [-0.05, 0) is 66.6 Å². The van der Waals surface area contributed by atoms with Gasteiger partial charge in [-0.25, -0.2) is 4.79 Å². The van der Waals surface area contributed by atoms with Gasteiger partial charge in [0.2, 0.25) is 0 Å². The monoisotopic (exact) mass is 447 g/mol. The average Bonchev–Trinajstić information content (AvgIpc) is 2.95. The van der Waals surface area contributed by atoms with Crippen LogP contribution in [0.25, 0.3) is 22.6 Å². The number of ether oxygens (including phenoxy) is 1. The summed E-state index contributed by atoms with van der Waals surface area (Å²) < 4.78 is 11.3. The Morgan fingerprint density at radius 3 is 2.24 bits per heavy atom. The maximum Gasteiger partial charge on any atom is 0.337 e. The molecule has 0 spiro atoms. The van der Waals surface area contributed by atoms with Crippen molar-refractivity contribution in [2.24, 2.45) is 0 Å². The molecule has 0 aliphatic carbocycles. The van der Waals surface area contributed by atoms with Gasteiger partial charge in [0.15, 0.2) is 5.76 Å². The number of carbonyl (C=O) groups excluding carboxylic acids is 1. The van der Waals surface area contributed by atoms with Gasteiger partial charge in [-0.15, -0.1) is 0 Å². The largest absolute Gasteiger partial charge is 0.465 e. The van der Waals surface area contributed by atoms with Gasteiger partial charge in [0.05, 0.1) is 16.2 Å². The topological polar surface area (TPSA) is 52.3 Å². The van der Waals surface area contributed by atoms with E-state index in [1.165, 1.54) is 23.8 Å². The van der Waals surface area contributed by atoms with Gasteiger partial charge >= 0.3 is 5.97 Å². The molecule has 0 saturated heterocycles. The Bertz CT molecular complexity index is 919. The highest BCUT2D eigenvalue weighted by molar-refractivity contribution is 14.1. The molecule has 1 aromatic heterocycles. The van der Waals surface area contributed by atoms with Crippen molar-refractivity contribution in [1.29, 1.82) is 0 Å². The molecule has 0 fully saturated rings. The number of esters is 1. The summed E-state index contributed by atoms with van der Waals surface area (Å²) in [7, 11) is 1.37. The Hall–Kier alpha value is -2.15. The minimum absolute atomic E-state index is 0.356. The minimum Gasteiger partial charge on any atom is -0.465 e. The number of aromatic nitrogens is 1. The Labute approximate surface area is 160 Å². The van der Waals surface area contributed by atoms with Crippen LogP contribution in [0.5, 0.6) is 0 Å². The second kappa shape index (κ2) is 7.00. The van der Waals surface area contributed by atoms with Crippen LogP contribution in [0.3, 0.4) is 0 Å². The van der Waals surface area contributed by atoms with Crippen LogP contribution in [0, 0.1) is 24.3 Å². The van der Waals surface area contributed by atoms with E-state index in [1.807, 2.05) is 12.1 Å². The summed E-state index contributed by atoms with van der Waals surface area (Å²) in [5, 5.41) is 4.31. The van der Waals surface area contributed by atoms with E-state index in [4.69, 9.17) is 9.26 Å². The van der Waals surface area contributed by atoms with Crippen molar-refractivity contribution in [1.82, 2.24) is 5.16 Å². The fraction of sp³-hybridized carbons (Fsp3) is 0.200. The van der Waals surface area contributed by atoms with Gasteiger partial charge in [-0.3, -0.25) is 0 Å². The summed E-state index contributed by atoms with van der Waals surface area (Å²) in [4.78, 5) is 11.6. The van der Waals surface area contributed by atoms with Crippen LogP contribution in [-0.4, -0.2) is 18.2 Å². The zero-order chi connectivity index (χ0) is 18.1. The van der Waals surface area contributed by atoms with Crippen molar-refractivity contribution in [3.63, 3.8) is 0 Å². The van der Waals surface area contributed by atoms with Crippen LogP contribution in [-0.2, 0) is 4.74 Å². The number of carbonyl (C=O) groups is 1. The number of hydrogen-bond acceptors (Lipinski definition) is 4. The smallest absolute Gasteiger partial charge is 0.337 e. The van der Waals surface area contributed by atoms with Gasteiger partial charge in [-0.2, -0.15) is 0 Å². The molecule has 4 nitrogen and oxygen atoms in total. The zero-order valence-corrected chi connectivity index (χ0v) is 16.7. The molecule has 3 rings (SSSR count). The molecule has 0 aliphatic heterocycles. The van der Waals surface area contributed by atoms with Gasteiger partial charge in [0, 0.05) is 11.1 Å². The summed E-state index contributed by atoms with van der Waals surface area (Å²) in [6.07, 6.45) is 0. The predicted molar refractivity (Wildman–Crippen MR) is 106 cm³/mol. The first-order valence-electron chi connectivity index (χ1n) is 7.84. The van der Waals surface area contributed by atoms with Crippen molar-refractivity contribution in [3.05, 3.63) is 62.2 Å². The fourth-order valence-electron chi connectivity index (χ4n) is 3.04. The molecule has 0 aliphatic rings. The van der Waals surface area contributed by atoms with E-state index in [1.54, 1.807) is 12.1 Å². The summed E-state index contributed by atoms with van der Waals surface area (Å²) in [5.74, 6) is 0.344. The Kier molecular flexibility index (Phi) is 4.94. The van der Waals surface area contributed by atoms with Crippen LogP contribution in [0.4, 0.5) is 0 Å². The lowest BCUT2D eigenvalue weighted by atomic mass is 9.97. The Balaban J connectivity index is 2.04. The molecule has 0 bridgehead atoms. The molecule has 0 atom stereocenters. The Morgan fingerprint density at radius 1 is 1.08 bits per heavy atom. The fourth-order valence-corrected chi connectivity index (χ4v) is 3.82. The molecule has 3 aromatic rings. The van der Waals surface area contributed by atoms with Crippen LogP contribution in [0.1, 0.15) is 27.0 Å². The van der Waals surface area contributed by atoms with E-state index in [0.29, 0.717) is 11.3 Å². The summed E-state index contributed by atoms with van der Waals surface area (Å²) in [6, 6.07) is 11.4. The lowest BCUT2D eigenvalue weighted by Crippen LogP contribution is -2.00. The maximum atomic E-state index is 11.6. The van der Waals surface area contributed by atoms with Gasteiger partial charge in [-0.1, -0.05) is 35.0 Å². The number of aryl methyl sites for hydroxylation is 3. The highest BCUT2D eigenvalue weighted by Crippen LogP contribution is 2.36. The first kappa shape index (κ1) is 17.7. The van der Waals surface area contributed by atoms with Gasteiger partial charge in [0.1, 0.15) is 5.69 Å². The number of benzene rings is 2. The van der Waals surface area contributed by atoms with Crippen molar-refractivity contribution in [2.45, 2.75) is 20.8 Å². The highest BCUT2D eigenvalue weighted by Gasteiger charge is 2.20. The molecule has 1 heterocycles. The van der Waals surface area contributed by atoms with Crippen molar-refractivity contribution >= 4 is 28.6 Å². The number of rotatable bonds is 3. The molecule has 0 amide bonds. The maximum absolute atomic E-state index is 11.6. The minimum atomic E-state index is -0.356. The van der Waals surface area contributed by atoms with Crippen molar-refractivity contribution in [3.8, 4) is 22.6 Å². The molecule has 0 N–H and O–H groups in total. The SMILES string of the molecule is COC(=O)c1ccc(-c2onc(-c3c(C)cc(C)cc3C)c2I)cc1. The molecule has 0 radical (unpaired) electrons. The quantitative estimate of drug-likeness (QED) is 0.403. The van der Waals surface area contributed by atoms with Gasteiger partial charge in [0.25, 0.3) is 0 Å². The third-order valence-electron chi connectivity index (χ3n) is 4.12. The van der Waals surface area contributed by atoms with Gasteiger partial charge < -0.3 is 9.26 Å². The standard InChI is InChI=1S/C20H18INO3/c1-11-9-12(2)16(13(3)10-11)18-17(21)19(25-22-18)14-5-7-15(8-6-14)20(23)24-4/h5-10H,1-4H3. The zero-order valence-electron chi connectivity index (χ0n) is 14.5. The second-order valence-corrected chi connectivity index (χ2v) is 7.10. The van der Waals surface area contributed by atoms with Crippen molar-refractivity contribution < 1.29 is 14.1 Å². The number of halogens is 1. The lowest BCUT2D eigenvalue weighted by Gasteiger charge is -2.09. The van der Waals surface area contributed by atoms with Crippen LogP contribution in [0.2, 0.25) is 0 Å².